The molecule has 2 heterocycles. The lowest BCUT2D eigenvalue weighted by molar-refractivity contribution is 0.401. The van der Waals surface area contributed by atoms with Gasteiger partial charge in [0.15, 0.2) is 0 Å². The first-order chi connectivity index (χ1) is 9.29. The molecular formula is C15H16N2OS. The number of fused-ring (bicyclic) bond motifs is 1. The van der Waals surface area contributed by atoms with Crippen LogP contribution in [0.1, 0.15) is 17.3 Å². The summed E-state index contributed by atoms with van der Waals surface area (Å²) in [6, 6.07) is 12.1. The van der Waals surface area contributed by atoms with Gasteiger partial charge in [-0.3, -0.25) is 4.98 Å². The zero-order valence-corrected chi connectivity index (χ0v) is 11.6. The summed E-state index contributed by atoms with van der Waals surface area (Å²) in [7, 11) is 1.66. The van der Waals surface area contributed by atoms with Gasteiger partial charge in [0.05, 0.1) is 13.2 Å². The van der Waals surface area contributed by atoms with Gasteiger partial charge in [0.2, 0.25) is 0 Å². The van der Waals surface area contributed by atoms with Crippen LogP contribution in [0.4, 0.5) is 0 Å². The Balaban J connectivity index is 1.85. The molecule has 1 aliphatic rings. The van der Waals surface area contributed by atoms with Crippen LogP contribution in [-0.4, -0.2) is 17.3 Å². The second-order valence-electron chi connectivity index (χ2n) is 4.58. The van der Waals surface area contributed by atoms with Gasteiger partial charge >= 0.3 is 0 Å². The van der Waals surface area contributed by atoms with Crippen molar-refractivity contribution in [2.24, 2.45) is 5.73 Å². The highest BCUT2D eigenvalue weighted by atomic mass is 32.2. The molecule has 2 unspecified atom stereocenters. The summed E-state index contributed by atoms with van der Waals surface area (Å²) in [6.07, 6.45) is 2.76. The Bertz CT molecular complexity index is 563. The maximum absolute atomic E-state index is 6.39. The molecule has 0 amide bonds. The molecule has 1 aromatic heterocycles. The predicted octanol–water partition coefficient (Wildman–Crippen LogP) is 2.81. The molecule has 2 atom stereocenters. The quantitative estimate of drug-likeness (QED) is 0.933. The van der Waals surface area contributed by atoms with Gasteiger partial charge in [0.25, 0.3) is 0 Å². The van der Waals surface area contributed by atoms with E-state index in [2.05, 4.69) is 29.2 Å². The average molecular weight is 272 g/mol. The van der Waals surface area contributed by atoms with Crippen molar-refractivity contribution in [2.75, 3.05) is 7.11 Å². The van der Waals surface area contributed by atoms with E-state index in [-0.39, 0.29) is 6.04 Å². The molecule has 3 rings (SSSR count). The molecule has 0 aliphatic carbocycles. The number of hydrogen-bond acceptors (Lipinski definition) is 4. The van der Waals surface area contributed by atoms with Crippen LogP contribution in [0.2, 0.25) is 0 Å². The maximum atomic E-state index is 6.39. The standard InChI is InChI=1S/C15H16N2OS/c1-18-11-6-4-8-17-15(11)14(16)13-9-10-5-2-3-7-12(10)19-13/h2-8,13-14H,9,16H2,1H3. The predicted molar refractivity (Wildman–Crippen MR) is 77.5 cm³/mol. The number of rotatable bonds is 3. The molecule has 4 heteroatoms. The number of hydrogen-bond donors (Lipinski definition) is 1. The minimum Gasteiger partial charge on any atom is -0.495 e. The Morgan fingerprint density at radius 2 is 2.16 bits per heavy atom. The van der Waals surface area contributed by atoms with E-state index in [4.69, 9.17) is 10.5 Å². The SMILES string of the molecule is COc1cccnc1C(N)C1Cc2ccccc2S1. The number of thioether (sulfide) groups is 1. The number of benzene rings is 1. The summed E-state index contributed by atoms with van der Waals surface area (Å²) in [4.78, 5) is 5.72. The van der Waals surface area contributed by atoms with Gasteiger partial charge in [-0.2, -0.15) is 0 Å². The smallest absolute Gasteiger partial charge is 0.142 e. The summed E-state index contributed by atoms with van der Waals surface area (Å²) >= 11 is 1.84. The van der Waals surface area contributed by atoms with Crippen molar-refractivity contribution in [1.29, 1.82) is 0 Å². The molecule has 0 radical (unpaired) electrons. The largest absolute Gasteiger partial charge is 0.495 e. The highest BCUT2D eigenvalue weighted by molar-refractivity contribution is 8.00. The second-order valence-corrected chi connectivity index (χ2v) is 5.87. The van der Waals surface area contributed by atoms with Crippen molar-refractivity contribution < 1.29 is 4.74 Å². The molecule has 3 nitrogen and oxygen atoms in total. The topological polar surface area (TPSA) is 48.1 Å². The van der Waals surface area contributed by atoms with E-state index < -0.39 is 0 Å². The van der Waals surface area contributed by atoms with Crippen LogP contribution in [0.15, 0.2) is 47.5 Å². The number of pyridine rings is 1. The Hall–Kier alpha value is -1.52. The zero-order chi connectivity index (χ0) is 13.2. The minimum absolute atomic E-state index is 0.117. The van der Waals surface area contributed by atoms with Crippen molar-refractivity contribution in [3.05, 3.63) is 53.9 Å². The van der Waals surface area contributed by atoms with Crippen molar-refractivity contribution >= 4 is 11.8 Å². The van der Waals surface area contributed by atoms with Gasteiger partial charge in [-0.05, 0) is 30.2 Å². The Kier molecular flexibility index (Phi) is 3.44. The summed E-state index contributed by atoms with van der Waals surface area (Å²) in [5.74, 6) is 0.770. The molecule has 0 bridgehead atoms. The van der Waals surface area contributed by atoms with E-state index >= 15 is 0 Å². The third-order valence-electron chi connectivity index (χ3n) is 3.41. The van der Waals surface area contributed by atoms with Gasteiger partial charge in [-0.1, -0.05) is 18.2 Å². The number of methoxy groups -OCH3 is 1. The highest BCUT2D eigenvalue weighted by Gasteiger charge is 2.30. The van der Waals surface area contributed by atoms with Gasteiger partial charge in [0.1, 0.15) is 11.4 Å². The van der Waals surface area contributed by atoms with E-state index in [0.29, 0.717) is 5.25 Å². The van der Waals surface area contributed by atoms with E-state index in [1.807, 2.05) is 23.9 Å². The highest BCUT2D eigenvalue weighted by Crippen LogP contribution is 2.42. The van der Waals surface area contributed by atoms with E-state index in [0.717, 1.165) is 17.9 Å². The van der Waals surface area contributed by atoms with Gasteiger partial charge in [-0.15, -0.1) is 11.8 Å². The lowest BCUT2D eigenvalue weighted by atomic mass is 10.0. The molecule has 0 spiro atoms. The molecule has 0 saturated carbocycles. The summed E-state index contributed by atoms with van der Waals surface area (Å²) < 4.78 is 5.35. The monoisotopic (exact) mass is 272 g/mol. The molecule has 0 saturated heterocycles. The molecule has 1 aliphatic heterocycles. The van der Waals surface area contributed by atoms with Crippen LogP contribution < -0.4 is 10.5 Å². The van der Waals surface area contributed by atoms with Crippen molar-refractivity contribution in [3.8, 4) is 5.75 Å². The van der Waals surface area contributed by atoms with E-state index in [1.165, 1.54) is 10.5 Å². The van der Waals surface area contributed by atoms with Crippen LogP contribution >= 0.6 is 11.8 Å². The third-order valence-corrected chi connectivity index (χ3v) is 4.82. The van der Waals surface area contributed by atoms with Crippen LogP contribution in [0.5, 0.6) is 5.75 Å². The summed E-state index contributed by atoms with van der Waals surface area (Å²) in [5.41, 5.74) is 8.61. The number of nitrogens with zero attached hydrogens (tertiary/aromatic N) is 1. The summed E-state index contributed by atoms with van der Waals surface area (Å²) in [5, 5.41) is 0.321. The first-order valence-electron chi connectivity index (χ1n) is 6.28. The molecule has 0 fully saturated rings. The normalized spacial score (nSPS) is 18.9. The lowest BCUT2D eigenvalue weighted by Gasteiger charge is -2.19. The van der Waals surface area contributed by atoms with Crippen LogP contribution in [0, 0.1) is 0 Å². The van der Waals surface area contributed by atoms with Crippen molar-refractivity contribution in [1.82, 2.24) is 4.98 Å². The molecule has 2 aromatic rings. The van der Waals surface area contributed by atoms with Crippen LogP contribution in [0.25, 0.3) is 0 Å². The maximum Gasteiger partial charge on any atom is 0.142 e. The fourth-order valence-electron chi connectivity index (χ4n) is 2.41. The first-order valence-corrected chi connectivity index (χ1v) is 7.16. The zero-order valence-electron chi connectivity index (χ0n) is 10.7. The molecule has 98 valence electrons. The second kappa shape index (κ2) is 5.23. The van der Waals surface area contributed by atoms with Gasteiger partial charge in [-0.25, -0.2) is 0 Å². The van der Waals surface area contributed by atoms with Crippen molar-refractivity contribution in [2.45, 2.75) is 22.6 Å². The van der Waals surface area contributed by atoms with Crippen LogP contribution in [0.3, 0.4) is 0 Å². The first kappa shape index (κ1) is 12.5. The Morgan fingerprint density at radius 3 is 2.95 bits per heavy atom. The fourth-order valence-corrected chi connectivity index (χ4v) is 3.74. The number of aromatic nitrogens is 1. The molecular weight excluding hydrogens is 256 g/mol. The van der Waals surface area contributed by atoms with Crippen LogP contribution in [-0.2, 0) is 6.42 Å². The Morgan fingerprint density at radius 1 is 1.32 bits per heavy atom. The average Bonchev–Trinajstić information content (AvgIpc) is 2.90. The van der Waals surface area contributed by atoms with Gasteiger partial charge < -0.3 is 10.5 Å². The molecule has 1 aromatic carbocycles. The van der Waals surface area contributed by atoms with E-state index in [1.54, 1.807) is 13.3 Å². The number of ether oxygens (including phenoxy) is 1. The summed E-state index contributed by atoms with van der Waals surface area (Å²) in [6.45, 7) is 0. The lowest BCUT2D eigenvalue weighted by Crippen LogP contribution is -2.24. The number of nitrogens with two attached hydrogens (primary N) is 1. The third kappa shape index (κ3) is 2.33. The van der Waals surface area contributed by atoms with Gasteiger partial charge in [0, 0.05) is 16.3 Å². The Labute approximate surface area is 117 Å². The minimum atomic E-state index is -0.117. The van der Waals surface area contributed by atoms with Crippen molar-refractivity contribution in [3.63, 3.8) is 0 Å². The van der Waals surface area contributed by atoms with E-state index in [9.17, 15) is 0 Å². The fraction of sp³-hybridized carbons (Fsp3) is 0.267. The molecule has 2 N–H and O–H groups in total. The molecule has 19 heavy (non-hydrogen) atoms.